The van der Waals surface area contributed by atoms with Crippen LogP contribution in [-0.4, -0.2) is 52.2 Å². The minimum absolute atomic E-state index is 0.159. The molecular formula is C20H29N5O3S2. The number of carbonyl (C=O) groups is 1. The van der Waals surface area contributed by atoms with Gasteiger partial charge in [-0.25, -0.2) is 8.42 Å². The molecule has 1 fully saturated rings. The van der Waals surface area contributed by atoms with Gasteiger partial charge in [-0.3, -0.25) is 4.79 Å². The van der Waals surface area contributed by atoms with Crippen molar-refractivity contribution in [2.24, 2.45) is 7.05 Å². The van der Waals surface area contributed by atoms with Crippen LogP contribution in [0.2, 0.25) is 0 Å². The summed E-state index contributed by atoms with van der Waals surface area (Å²) in [6, 6.07) is 4.90. The first-order valence-corrected chi connectivity index (χ1v) is 12.6. The topological polar surface area (TPSA) is 97.2 Å². The van der Waals surface area contributed by atoms with Crippen molar-refractivity contribution in [3.63, 3.8) is 0 Å². The van der Waals surface area contributed by atoms with Crippen LogP contribution in [0, 0.1) is 6.92 Å². The lowest BCUT2D eigenvalue weighted by Crippen LogP contribution is -2.35. The van der Waals surface area contributed by atoms with E-state index in [4.69, 9.17) is 0 Å². The highest BCUT2D eigenvalue weighted by molar-refractivity contribution is 7.99. The van der Waals surface area contributed by atoms with Crippen LogP contribution >= 0.6 is 11.8 Å². The predicted molar refractivity (Wildman–Crippen MR) is 118 cm³/mol. The van der Waals surface area contributed by atoms with E-state index in [0.717, 1.165) is 30.7 Å². The van der Waals surface area contributed by atoms with Crippen LogP contribution < -0.4 is 5.32 Å². The Morgan fingerprint density at radius 2 is 1.90 bits per heavy atom. The van der Waals surface area contributed by atoms with Gasteiger partial charge in [-0.05, 0) is 37.5 Å². The fourth-order valence-electron chi connectivity index (χ4n) is 3.42. The van der Waals surface area contributed by atoms with Crippen LogP contribution in [0.1, 0.15) is 50.4 Å². The van der Waals surface area contributed by atoms with Gasteiger partial charge in [0.1, 0.15) is 5.82 Å². The number of nitrogens with zero attached hydrogens (tertiary/aromatic N) is 4. The summed E-state index contributed by atoms with van der Waals surface area (Å²) < 4.78 is 29.3. The van der Waals surface area contributed by atoms with Crippen molar-refractivity contribution in [2.45, 2.75) is 56.0 Å². The monoisotopic (exact) mass is 451 g/mol. The SMILES string of the molecule is Cc1ccc(S(=O)(=O)N2CCCCC2)cc1NC(=O)CSc1nnc(C(C)C)n1C. The van der Waals surface area contributed by atoms with E-state index in [1.807, 2.05) is 32.4 Å². The largest absolute Gasteiger partial charge is 0.325 e. The lowest BCUT2D eigenvalue weighted by Gasteiger charge is -2.26. The Morgan fingerprint density at radius 3 is 2.53 bits per heavy atom. The minimum atomic E-state index is -3.55. The van der Waals surface area contributed by atoms with Gasteiger partial charge in [0.15, 0.2) is 5.16 Å². The third-order valence-corrected chi connectivity index (χ3v) is 8.07. The average Bonchev–Trinajstić information content (AvgIpc) is 3.09. The van der Waals surface area contributed by atoms with Gasteiger partial charge in [-0.1, -0.05) is 38.1 Å². The lowest BCUT2D eigenvalue weighted by molar-refractivity contribution is -0.113. The Morgan fingerprint density at radius 1 is 1.20 bits per heavy atom. The molecule has 3 rings (SSSR count). The highest BCUT2D eigenvalue weighted by atomic mass is 32.2. The summed E-state index contributed by atoms with van der Waals surface area (Å²) in [5.74, 6) is 1.05. The first-order valence-electron chi connectivity index (χ1n) is 10.1. The molecule has 1 aromatic heterocycles. The van der Waals surface area contributed by atoms with Crippen LogP contribution in [0.4, 0.5) is 5.69 Å². The van der Waals surface area contributed by atoms with Gasteiger partial charge >= 0.3 is 0 Å². The van der Waals surface area contributed by atoms with Crippen molar-refractivity contribution in [3.8, 4) is 0 Å². The fraction of sp³-hybridized carbons (Fsp3) is 0.550. The van der Waals surface area contributed by atoms with Crippen molar-refractivity contribution >= 4 is 33.4 Å². The number of hydrogen-bond donors (Lipinski definition) is 1. The molecule has 0 aliphatic carbocycles. The number of benzene rings is 1. The second kappa shape index (κ2) is 9.49. The normalized spacial score (nSPS) is 15.5. The summed E-state index contributed by atoms with van der Waals surface area (Å²) in [6.07, 6.45) is 2.82. The molecule has 1 saturated heterocycles. The first kappa shape index (κ1) is 22.8. The molecule has 1 aromatic carbocycles. The number of piperidine rings is 1. The minimum Gasteiger partial charge on any atom is -0.325 e. The number of rotatable bonds is 7. The van der Waals surface area contributed by atoms with Crippen LogP contribution in [0.5, 0.6) is 0 Å². The number of sulfonamides is 1. The summed E-state index contributed by atoms with van der Waals surface area (Å²) in [5.41, 5.74) is 1.33. The quantitative estimate of drug-likeness (QED) is 0.650. The molecule has 0 radical (unpaired) electrons. The van der Waals surface area contributed by atoms with Gasteiger partial charge in [-0.15, -0.1) is 10.2 Å². The molecule has 0 spiro atoms. The zero-order valence-electron chi connectivity index (χ0n) is 17.9. The van der Waals surface area contributed by atoms with E-state index in [-0.39, 0.29) is 22.5 Å². The molecular weight excluding hydrogens is 422 g/mol. The Labute approximate surface area is 182 Å². The highest BCUT2D eigenvalue weighted by Gasteiger charge is 2.26. The van der Waals surface area contributed by atoms with Crippen LogP contribution in [0.15, 0.2) is 28.3 Å². The maximum atomic E-state index is 12.9. The van der Waals surface area contributed by atoms with E-state index in [1.165, 1.54) is 16.1 Å². The molecule has 1 aliphatic heterocycles. The number of nitrogens with one attached hydrogen (secondary N) is 1. The number of anilines is 1. The van der Waals surface area contributed by atoms with Crippen molar-refractivity contribution in [2.75, 3.05) is 24.2 Å². The number of aromatic nitrogens is 3. The van der Waals surface area contributed by atoms with E-state index in [2.05, 4.69) is 15.5 Å². The lowest BCUT2D eigenvalue weighted by atomic mass is 10.2. The van der Waals surface area contributed by atoms with E-state index in [0.29, 0.717) is 23.9 Å². The van der Waals surface area contributed by atoms with Crippen molar-refractivity contribution in [3.05, 3.63) is 29.6 Å². The highest BCUT2D eigenvalue weighted by Crippen LogP contribution is 2.26. The number of aryl methyl sites for hydroxylation is 1. The molecule has 1 N–H and O–H groups in total. The molecule has 1 aliphatic rings. The average molecular weight is 452 g/mol. The van der Waals surface area contributed by atoms with Crippen LogP contribution in [0.25, 0.3) is 0 Å². The summed E-state index contributed by atoms with van der Waals surface area (Å²) in [4.78, 5) is 12.7. The second-order valence-corrected chi connectivity index (χ2v) is 10.7. The van der Waals surface area contributed by atoms with Gasteiger partial charge < -0.3 is 9.88 Å². The number of hydrogen-bond acceptors (Lipinski definition) is 6. The molecule has 0 unspecified atom stereocenters. The Kier molecular flexibility index (Phi) is 7.20. The molecule has 8 nitrogen and oxygen atoms in total. The summed E-state index contributed by atoms with van der Waals surface area (Å²) >= 11 is 1.30. The third kappa shape index (κ3) is 5.04. The molecule has 1 amide bonds. The van der Waals surface area contributed by atoms with Crippen LogP contribution in [0.3, 0.4) is 0 Å². The van der Waals surface area contributed by atoms with Crippen molar-refractivity contribution < 1.29 is 13.2 Å². The zero-order chi connectivity index (χ0) is 21.9. The fourth-order valence-corrected chi connectivity index (χ4v) is 5.68. The maximum Gasteiger partial charge on any atom is 0.243 e. The summed E-state index contributed by atoms with van der Waals surface area (Å²) in [5, 5.41) is 11.8. The van der Waals surface area contributed by atoms with Gasteiger partial charge in [0.25, 0.3) is 0 Å². The first-order chi connectivity index (χ1) is 14.2. The summed E-state index contributed by atoms with van der Waals surface area (Å²) in [6.45, 7) is 7.02. The molecule has 0 saturated carbocycles. The Bertz CT molecular complexity index is 1010. The third-order valence-electron chi connectivity index (χ3n) is 5.15. The Hall–Kier alpha value is -1.91. The smallest absolute Gasteiger partial charge is 0.243 e. The van der Waals surface area contributed by atoms with Crippen molar-refractivity contribution in [1.82, 2.24) is 19.1 Å². The molecule has 0 bridgehead atoms. The molecule has 10 heteroatoms. The van der Waals surface area contributed by atoms with Gasteiger partial charge in [0, 0.05) is 31.7 Å². The van der Waals surface area contributed by atoms with E-state index < -0.39 is 10.0 Å². The summed E-state index contributed by atoms with van der Waals surface area (Å²) in [7, 11) is -1.66. The molecule has 2 heterocycles. The van der Waals surface area contributed by atoms with E-state index >= 15 is 0 Å². The number of amides is 1. The van der Waals surface area contributed by atoms with E-state index in [1.54, 1.807) is 18.2 Å². The predicted octanol–water partition coefficient (Wildman–Crippen LogP) is 3.15. The van der Waals surface area contributed by atoms with Crippen LogP contribution in [-0.2, 0) is 21.9 Å². The Balaban J connectivity index is 1.69. The van der Waals surface area contributed by atoms with E-state index in [9.17, 15) is 13.2 Å². The van der Waals surface area contributed by atoms with Gasteiger partial charge in [0.05, 0.1) is 10.6 Å². The van der Waals surface area contributed by atoms with Crippen molar-refractivity contribution in [1.29, 1.82) is 0 Å². The molecule has 0 atom stereocenters. The molecule has 2 aromatic rings. The number of thioether (sulfide) groups is 1. The molecule has 164 valence electrons. The second-order valence-electron chi connectivity index (χ2n) is 7.83. The van der Waals surface area contributed by atoms with Gasteiger partial charge in [0.2, 0.25) is 15.9 Å². The molecule has 30 heavy (non-hydrogen) atoms. The zero-order valence-corrected chi connectivity index (χ0v) is 19.5. The van der Waals surface area contributed by atoms with Gasteiger partial charge in [-0.2, -0.15) is 4.31 Å². The maximum absolute atomic E-state index is 12.9. The standard InChI is InChI=1S/C20H29N5O3S2/c1-14(2)19-22-23-20(24(19)4)29-13-18(26)21-17-12-16(9-8-15(17)3)30(27,28)25-10-6-5-7-11-25/h8-9,12,14H,5-7,10-11,13H2,1-4H3,(H,21,26). The number of carbonyl (C=O) groups excluding carboxylic acids is 1.